The highest BCUT2D eigenvalue weighted by Crippen LogP contribution is 2.27. The molecule has 3 amide bonds. The number of carbonyl (C=O) groups is 3. The molecule has 2 heterocycles. The van der Waals surface area contributed by atoms with Crippen molar-refractivity contribution < 1.29 is 14.4 Å². The zero-order valence-corrected chi connectivity index (χ0v) is 16.9. The molecule has 7 heteroatoms. The summed E-state index contributed by atoms with van der Waals surface area (Å²) in [5.41, 5.74) is 0.765. The first-order valence-electron chi connectivity index (χ1n) is 8.37. The molecule has 2 aromatic rings. The fourth-order valence-electron chi connectivity index (χ4n) is 2.96. The lowest BCUT2D eigenvalue weighted by atomic mass is 10.0. The molecule has 0 saturated carbocycles. The normalized spacial score (nSPS) is 14.7. The molecule has 0 saturated heterocycles. The minimum Gasteiger partial charge on any atom is -0.348 e. The lowest BCUT2D eigenvalue weighted by molar-refractivity contribution is -0.122. The van der Waals surface area contributed by atoms with Gasteiger partial charge in [0.15, 0.2) is 0 Å². The Labute approximate surface area is 164 Å². The highest BCUT2D eigenvalue weighted by atomic mass is 79.9. The number of benzene rings is 1. The summed E-state index contributed by atoms with van der Waals surface area (Å²) in [4.78, 5) is 39.5. The van der Waals surface area contributed by atoms with E-state index in [-0.39, 0.29) is 42.6 Å². The number of imide groups is 1. The molecule has 1 aliphatic rings. The standard InChI is InChI=1S/C19H19BrN2O3S/c1-11(2)17(15-4-3-9-26-15)21-16(23)7-8-22-18(24)13-6-5-12(20)10-14(13)19(22)25/h3-6,9-11,17H,7-8H2,1-2H3,(H,21,23). The Morgan fingerprint density at radius 2 is 1.92 bits per heavy atom. The summed E-state index contributed by atoms with van der Waals surface area (Å²) in [5.74, 6) is -0.620. The Balaban J connectivity index is 1.63. The lowest BCUT2D eigenvalue weighted by Gasteiger charge is -2.22. The minimum absolute atomic E-state index is 0.0689. The van der Waals surface area contributed by atoms with Gasteiger partial charge in [-0.3, -0.25) is 19.3 Å². The van der Waals surface area contributed by atoms with Crippen LogP contribution in [0.4, 0.5) is 0 Å². The van der Waals surface area contributed by atoms with Crippen LogP contribution in [0.1, 0.15) is 51.9 Å². The number of hydrogen-bond acceptors (Lipinski definition) is 4. The summed E-state index contributed by atoms with van der Waals surface area (Å²) < 4.78 is 0.743. The van der Waals surface area contributed by atoms with E-state index < -0.39 is 0 Å². The van der Waals surface area contributed by atoms with Crippen LogP contribution < -0.4 is 5.32 Å². The molecular formula is C19H19BrN2O3S. The molecule has 0 aliphatic carbocycles. The third kappa shape index (κ3) is 3.73. The molecule has 1 aliphatic heterocycles. The molecule has 0 radical (unpaired) electrons. The van der Waals surface area contributed by atoms with Gasteiger partial charge in [-0.1, -0.05) is 35.8 Å². The molecule has 1 unspecified atom stereocenters. The summed E-state index contributed by atoms with van der Waals surface area (Å²) in [6, 6.07) is 8.89. The first-order valence-corrected chi connectivity index (χ1v) is 10.0. The van der Waals surface area contributed by atoms with Crippen molar-refractivity contribution in [1.82, 2.24) is 10.2 Å². The molecular weight excluding hydrogens is 416 g/mol. The van der Waals surface area contributed by atoms with Crippen LogP contribution in [0, 0.1) is 5.92 Å². The highest BCUT2D eigenvalue weighted by Gasteiger charge is 2.35. The minimum atomic E-state index is -0.349. The van der Waals surface area contributed by atoms with Gasteiger partial charge in [-0.25, -0.2) is 0 Å². The maximum absolute atomic E-state index is 12.4. The molecule has 1 aromatic carbocycles. The fourth-order valence-corrected chi connectivity index (χ4v) is 4.27. The monoisotopic (exact) mass is 434 g/mol. The van der Waals surface area contributed by atoms with Crippen LogP contribution in [-0.4, -0.2) is 29.2 Å². The topological polar surface area (TPSA) is 66.5 Å². The third-order valence-electron chi connectivity index (χ3n) is 4.33. The van der Waals surface area contributed by atoms with Gasteiger partial charge in [-0.15, -0.1) is 11.3 Å². The Morgan fingerprint density at radius 3 is 2.58 bits per heavy atom. The van der Waals surface area contributed by atoms with Crippen LogP contribution in [-0.2, 0) is 4.79 Å². The molecule has 0 bridgehead atoms. The van der Waals surface area contributed by atoms with Crippen LogP contribution in [0.2, 0.25) is 0 Å². The molecule has 26 heavy (non-hydrogen) atoms. The number of fused-ring (bicyclic) bond motifs is 1. The number of halogens is 1. The van der Waals surface area contributed by atoms with Crippen LogP contribution in [0.15, 0.2) is 40.2 Å². The summed E-state index contributed by atoms with van der Waals surface area (Å²) in [6.45, 7) is 4.17. The van der Waals surface area contributed by atoms with Crippen molar-refractivity contribution in [2.75, 3.05) is 6.54 Å². The smallest absolute Gasteiger partial charge is 0.261 e. The molecule has 1 atom stereocenters. The number of hydrogen-bond donors (Lipinski definition) is 1. The van der Waals surface area contributed by atoms with E-state index >= 15 is 0 Å². The summed E-state index contributed by atoms with van der Waals surface area (Å²) >= 11 is 4.91. The van der Waals surface area contributed by atoms with Crippen LogP contribution in [0.25, 0.3) is 0 Å². The van der Waals surface area contributed by atoms with Crippen molar-refractivity contribution in [2.45, 2.75) is 26.3 Å². The highest BCUT2D eigenvalue weighted by molar-refractivity contribution is 9.10. The van der Waals surface area contributed by atoms with Gasteiger partial charge in [-0.05, 0) is 35.6 Å². The first-order chi connectivity index (χ1) is 12.4. The largest absolute Gasteiger partial charge is 0.348 e. The Morgan fingerprint density at radius 1 is 1.19 bits per heavy atom. The van der Waals surface area contributed by atoms with Gasteiger partial charge in [0.05, 0.1) is 17.2 Å². The Hall–Kier alpha value is -1.99. The third-order valence-corrected chi connectivity index (χ3v) is 5.78. The first kappa shape index (κ1) is 18.8. The molecule has 136 valence electrons. The van der Waals surface area contributed by atoms with E-state index in [0.29, 0.717) is 11.1 Å². The molecule has 0 fully saturated rings. The SMILES string of the molecule is CC(C)C(NC(=O)CCN1C(=O)c2ccc(Br)cc2C1=O)c1cccs1. The predicted octanol–water partition coefficient (Wildman–Crippen LogP) is 4.01. The van der Waals surface area contributed by atoms with Crippen LogP contribution in [0.5, 0.6) is 0 Å². The van der Waals surface area contributed by atoms with Gasteiger partial charge in [0, 0.05) is 22.3 Å². The van der Waals surface area contributed by atoms with E-state index in [1.54, 1.807) is 29.5 Å². The maximum atomic E-state index is 12.4. The Kier molecular flexibility index (Phi) is 5.58. The molecule has 1 aromatic heterocycles. The van der Waals surface area contributed by atoms with Crippen molar-refractivity contribution in [3.63, 3.8) is 0 Å². The number of carbonyl (C=O) groups excluding carboxylic acids is 3. The van der Waals surface area contributed by atoms with Crippen molar-refractivity contribution in [3.8, 4) is 0 Å². The van der Waals surface area contributed by atoms with Gasteiger partial charge in [-0.2, -0.15) is 0 Å². The number of nitrogens with one attached hydrogen (secondary N) is 1. The van der Waals surface area contributed by atoms with E-state index in [1.165, 1.54) is 0 Å². The number of amides is 3. The molecule has 5 nitrogen and oxygen atoms in total. The zero-order chi connectivity index (χ0) is 18.8. The van der Waals surface area contributed by atoms with Gasteiger partial charge < -0.3 is 5.32 Å². The summed E-state index contributed by atoms with van der Waals surface area (Å²) in [6.07, 6.45) is 0.0846. The number of thiophene rings is 1. The van der Waals surface area contributed by atoms with E-state index in [1.807, 2.05) is 31.4 Å². The second-order valence-electron chi connectivity index (χ2n) is 6.51. The average molecular weight is 435 g/mol. The molecule has 3 rings (SSSR count). The maximum Gasteiger partial charge on any atom is 0.261 e. The zero-order valence-electron chi connectivity index (χ0n) is 14.5. The van der Waals surface area contributed by atoms with Crippen LogP contribution >= 0.6 is 27.3 Å². The summed E-state index contributed by atoms with van der Waals surface area (Å²) in [7, 11) is 0. The van der Waals surface area contributed by atoms with E-state index in [9.17, 15) is 14.4 Å². The van der Waals surface area contributed by atoms with Gasteiger partial charge in [0.1, 0.15) is 0 Å². The molecule has 1 N–H and O–H groups in total. The van der Waals surface area contributed by atoms with E-state index in [4.69, 9.17) is 0 Å². The van der Waals surface area contributed by atoms with E-state index in [0.717, 1.165) is 14.2 Å². The number of rotatable bonds is 6. The van der Waals surface area contributed by atoms with E-state index in [2.05, 4.69) is 21.2 Å². The predicted molar refractivity (Wildman–Crippen MR) is 104 cm³/mol. The fraction of sp³-hybridized carbons (Fsp3) is 0.316. The van der Waals surface area contributed by atoms with Crippen molar-refractivity contribution in [2.24, 2.45) is 5.92 Å². The molecule has 0 spiro atoms. The van der Waals surface area contributed by atoms with Gasteiger partial charge >= 0.3 is 0 Å². The quantitative estimate of drug-likeness (QED) is 0.698. The van der Waals surface area contributed by atoms with Gasteiger partial charge in [0.2, 0.25) is 5.91 Å². The summed E-state index contributed by atoms with van der Waals surface area (Å²) in [5, 5.41) is 5.00. The van der Waals surface area contributed by atoms with Crippen LogP contribution in [0.3, 0.4) is 0 Å². The Bertz CT molecular complexity index is 848. The van der Waals surface area contributed by atoms with Gasteiger partial charge in [0.25, 0.3) is 11.8 Å². The van der Waals surface area contributed by atoms with Crippen molar-refractivity contribution in [3.05, 3.63) is 56.2 Å². The lowest BCUT2D eigenvalue weighted by Crippen LogP contribution is -2.36. The van der Waals surface area contributed by atoms with Crippen molar-refractivity contribution >= 4 is 45.0 Å². The number of nitrogens with zero attached hydrogens (tertiary/aromatic N) is 1. The van der Waals surface area contributed by atoms with Crippen molar-refractivity contribution in [1.29, 1.82) is 0 Å². The second kappa shape index (κ2) is 7.72. The second-order valence-corrected chi connectivity index (χ2v) is 8.40. The average Bonchev–Trinajstić information content (AvgIpc) is 3.19.